The topological polar surface area (TPSA) is 67.8 Å². The summed E-state index contributed by atoms with van der Waals surface area (Å²) in [5.74, 6) is -0.298. The van der Waals surface area contributed by atoms with E-state index in [0.29, 0.717) is 5.69 Å². The van der Waals surface area contributed by atoms with Gasteiger partial charge < -0.3 is 5.32 Å². The number of amides is 1. The SMILES string of the molecule is [2H]C([2H])([2H])c1cccc(NC(=O)c2cc(-c3cnccc3C)cc(C)n2)n1. The van der Waals surface area contributed by atoms with Gasteiger partial charge in [-0.05, 0) is 62.2 Å². The van der Waals surface area contributed by atoms with E-state index < -0.39 is 12.8 Å². The molecule has 0 bridgehead atoms. The van der Waals surface area contributed by atoms with Gasteiger partial charge in [0, 0.05) is 33.5 Å². The Morgan fingerprint density at radius 1 is 1.12 bits per heavy atom. The highest BCUT2D eigenvalue weighted by Crippen LogP contribution is 2.23. The van der Waals surface area contributed by atoms with Crippen molar-refractivity contribution in [3.05, 3.63) is 71.4 Å². The van der Waals surface area contributed by atoms with E-state index in [0.717, 1.165) is 16.7 Å². The maximum absolute atomic E-state index is 12.6. The largest absolute Gasteiger partial charge is 0.305 e. The van der Waals surface area contributed by atoms with Crippen molar-refractivity contribution in [2.75, 3.05) is 5.32 Å². The molecule has 0 aliphatic rings. The van der Waals surface area contributed by atoms with Crippen LogP contribution in [-0.2, 0) is 0 Å². The zero-order chi connectivity index (χ0) is 19.6. The van der Waals surface area contributed by atoms with Crippen molar-refractivity contribution in [3.63, 3.8) is 0 Å². The summed E-state index contributed by atoms with van der Waals surface area (Å²) >= 11 is 0. The van der Waals surface area contributed by atoms with Crippen LogP contribution in [0.3, 0.4) is 0 Å². The van der Waals surface area contributed by atoms with E-state index >= 15 is 0 Å². The number of carbonyl (C=O) groups excluding carboxylic acids is 1. The third kappa shape index (κ3) is 3.46. The number of aromatic nitrogens is 3. The van der Waals surface area contributed by atoms with Crippen molar-refractivity contribution >= 4 is 11.7 Å². The minimum absolute atomic E-state index is 0.0795. The lowest BCUT2D eigenvalue weighted by atomic mass is 10.0. The summed E-state index contributed by atoms with van der Waals surface area (Å²) in [6.45, 7) is 1.43. The molecule has 5 nitrogen and oxygen atoms in total. The molecular formula is C19H18N4O. The summed E-state index contributed by atoms with van der Waals surface area (Å²) in [5, 5.41) is 2.61. The van der Waals surface area contributed by atoms with Gasteiger partial charge in [0.25, 0.3) is 5.91 Å². The average Bonchev–Trinajstić information content (AvgIpc) is 2.61. The van der Waals surface area contributed by atoms with E-state index in [2.05, 4.69) is 20.3 Å². The van der Waals surface area contributed by atoms with Gasteiger partial charge in [-0.3, -0.25) is 9.78 Å². The molecule has 0 fully saturated rings. The Morgan fingerprint density at radius 3 is 2.79 bits per heavy atom. The highest BCUT2D eigenvalue weighted by molar-refractivity contribution is 6.03. The van der Waals surface area contributed by atoms with Gasteiger partial charge in [-0.25, -0.2) is 9.97 Å². The summed E-state index contributed by atoms with van der Waals surface area (Å²) in [6.07, 6.45) is 3.46. The number of anilines is 1. The Hall–Kier alpha value is -3.08. The van der Waals surface area contributed by atoms with Crippen LogP contribution < -0.4 is 5.32 Å². The van der Waals surface area contributed by atoms with Crippen molar-refractivity contribution in [2.45, 2.75) is 20.7 Å². The average molecular weight is 321 g/mol. The maximum atomic E-state index is 12.6. The third-order valence-electron chi connectivity index (χ3n) is 3.53. The second-order valence-electron chi connectivity index (χ2n) is 5.44. The molecule has 0 aromatic carbocycles. The fraction of sp³-hybridized carbons (Fsp3) is 0.158. The summed E-state index contributed by atoms with van der Waals surface area (Å²) in [4.78, 5) is 25.0. The predicted octanol–water partition coefficient (Wildman–Crippen LogP) is 3.72. The number of nitrogens with one attached hydrogen (secondary N) is 1. The molecular weight excluding hydrogens is 300 g/mol. The molecule has 0 radical (unpaired) electrons. The lowest BCUT2D eigenvalue weighted by Crippen LogP contribution is -2.15. The van der Waals surface area contributed by atoms with Gasteiger partial charge in [-0.2, -0.15) is 0 Å². The van der Waals surface area contributed by atoms with Crippen LogP contribution in [0.4, 0.5) is 5.82 Å². The number of hydrogen-bond acceptors (Lipinski definition) is 4. The molecule has 0 spiro atoms. The molecule has 3 aromatic heterocycles. The fourth-order valence-electron chi connectivity index (χ4n) is 2.39. The quantitative estimate of drug-likeness (QED) is 0.798. The minimum atomic E-state index is -2.34. The van der Waals surface area contributed by atoms with Gasteiger partial charge in [0.05, 0.1) is 0 Å². The Kier molecular flexibility index (Phi) is 3.39. The number of hydrogen-bond donors (Lipinski definition) is 1. The molecule has 3 heterocycles. The monoisotopic (exact) mass is 321 g/mol. The summed E-state index contributed by atoms with van der Waals surface area (Å²) in [7, 11) is 0. The van der Waals surface area contributed by atoms with E-state index in [1.54, 1.807) is 31.5 Å². The number of pyridine rings is 3. The first kappa shape index (κ1) is 12.4. The molecule has 3 rings (SSSR count). The Labute approximate surface area is 145 Å². The highest BCUT2D eigenvalue weighted by Gasteiger charge is 2.12. The molecule has 0 unspecified atom stereocenters. The number of carbonyl (C=O) groups is 1. The number of rotatable bonds is 3. The second kappa shape index (κ2) is 6.58. The van der Waals surface area contributed by atoms with Crippen LogP contribution in [0.1, 0.15) is 31.6 Å². The van der Waals surface area contributed by atoms with Crippen LogP contribution in [0.25, 0.3) is 11.1 Å². The normalized spacial score (nSPS) is 12.8. The molecule has 0 aliphatic heterocycles. The molecule has 1 amide bonds. The second-order valence-corrected chi connectivity index (χ2v) is 5.44. The molecule has 0 saturated carbocycles. The first-order valence-corrected chi connectivity index (χ1v) is 7.42. The van der Waals surface area contributed by atoms with Crippen LogP contribution in [0.2, 0.25) is 0 Å². The van der Waals surface area contributed by atoms with E-state index in [1.807, 2.05) is 19.1 Å². The van der Waals surface area contributed by atoms with Crippen LogP contribution in [-0.4, -0.2) is 20.9 Å². The lowest BCUT2D eigenvalue weighted by Gasteiger charge is -2.09. The molecule has 120 valence electrons. The van der Waals surface area contributed by atoms with E-state index in [4.69, 9.17) is 4.11 Å². The van der Waals surface area contributed by atoms with Crippen LogP contribution in [0, 0.1) is 20.7 Å². The summed E-state index contributed by atoms with van der Waals surface area (Å²) in [5.41, 5.74) is 3.61. The van der Waals surface area contributed by atoms with E-state index in [1.165, 1.54) is 12.1 Å². The molecule has 3 aromatic rings. The van der Waals surface area contributed by atoms with Gasteiger partial charge in [0.2, 0.25) is 0 Å². The van der Waals surface area contributed by atoms with Gasteiger partial charge in [-0.15, -0.1) is 0 Å². The van der Waals surface area contributed by atoms with Crippen LogP contribution in [0.5, 0.6) is 0 Å². The molecule has 0 atom stereocenters. The Morgan fingerprint density at radius 2 is 2.00 bits per heavy atom. The molecule has 0 aliphatic carbocycles. The molecule has 5 heteroatoms. The zero-order valence-electron chi connectivity index (χ0n) is 16.4. The van der Waals surface area contributed by atoms with Crippen molar-refractivity contribution in [3.8, 4) is 11.1 Å². The minimum Gasteiger partial charge on any atom is -0.305 e. The van der Waals surface area contributed by atoms with Gasteiger partial charge in [0.1, 0.15) is 11.5 Å². The smallest absolute Gasteiger partial charge is 0.275 e. The Bertz CT molecular complexity index is 1000. The van der Waals surface area contributed by atoms with Crippen molar-refractivity contribution in [2.24, 2.45) is 0 Å². The number of aryl methyl sites for hydroxylation is 3. The van der Waals surface area contributed by atoms with Crippen molar-refractivity contribution < 1.29 is 8.91 Å². The molecule has 1 N–H and O–H groups in total. The zero-order valence-corrected chi connectivity index (χ0v) is 13.4. The third-order valence-corrected chi connectivity index (χ3v) is 3.53. The Balaban J connectivity index is 1.91. The van der Waals surface area contributed by atoms with E-state index in [-0.39, 0.29) is 17.2 Å². The summed E-state index contributed by atoms with van der Waals surface area (Å²) in [6, 6.07) is 9.94. The van der Waals surface area contributed by atoms with Gasteiger partial charge >= 0.3 is 0 Å². The first-order valence-electron chi connectivity index (χ1n) is 8.92. The molecule has 0 saturated heterocycles. The maximum Gasteiger partial charge on any atom is 0.275 e. The van der Waals surface area contributed by atoms with E-state index in [9.17, 15) is 4.79 Å². The standard InChI is InChI=1S/C19H18N4O/c1-12-7-8-20-11-16(12)15-9-14(3)21-17(10-15)19(24)23-18-6-4-5-13(2)22-18/h4-11H,1-3H3,(H,22,23,24)/i2D3. The van der Waals surface area contributed by atoms with Crippen LogP contribution >= 0.6 is 0 Å². The first-order chi connectivity index (χ1) is 12.7. The van der Waals surface area contributed by atoms with Crippen molar-refractivity contribution in [1.82, 2.24) is 15.0 Å². The van der Waals surface area contributed by atoms with Gasteiger partial charge in [0.15, 0.2) is 0 Å². The number of nitrogens with zero attached hydrogens (tertiary/aromatic N) is 3. The lowest BCUT2D eigenvalue weighted by molar-refractivity contribution is 0.102. The van der Waals surface area contributed by atoms with Crippen molar-refractivity contribution in [1.29, 1.82) is 0 Å². The predicted molar refractivity (Wildman–Crippen MR) is 93.9 cm³/mol. The molecule has 24 heavy (non-hydrogen) atoms. The highest BCUT2D eigenvalue weighted by atomic mass is 16.1. The fourth-order valence-corrected chi connectivity index (χ4v) is 2.39. The van der Waals surface area contributed by atoms with Crippen LogP contribution in [0.15, 0.2) is 48.8 Å². The van der Waals surface area contributed by atoms with Gasteiger partial charge in [-0.1, -0.05) is 6.07 Å². The summed E-state index contributed by atoms with van der Waals surface area (Å²) < 4.78 is 22.3.